The Balaban J connectivity index is 1.47. The summed E-state index contributed by atoms with van der Waals surface area (Å²) >= 11 is 0. The number of hydrogen-bond donors (Lipinski definition) is 0. The minimum absolute atomic E-state index is 0.177. The zero-order valence-electron chi connectivity index (χ0n) is 20.0. The minimum atomic E-state index is -4.48. The SMILES string of the molecule is C=C(F)C(=O)N1CC(n2nc(-c3ccc(C(F)(F)F)cc3)c3nccc(-c4cnn(-c5ncccn5)c4)c32)C1. The quantitative estimate of drug-likeness (QED) is 0.241. The number of fused-ring (bicyclic) bond motifs is 1. The third-order valence-corrected chi connectivity index (χ3v) is 6.45. The lowest BCUT2D eigenvalue weighted by Crippen LogP contribution is -2.51. The third-order valence-electron chi connectivity index (χ3n) is 6.45. The van der Waals surface area contributed by atoms with Crippen molar-refractivity contribution in [3.63, 3.8) is 0 Å². The molecule has 0 spiro atoms. The van der Waals surface area contributed by atoms with E-state index < -0.39 is 23.5 Å². The van der Waals surface area contributed by atoms with Gasteiger partial charge in [0, 0.05) is 54.6 Å². The van der Waals surface area contributed by atoms with E-state index in [-0.39, 0.29) is 19.1 Å². The zero-order chi connectivity index (χ0) is 27.3. The Hall–Kier alpha value is -4.94. The molecule has 6 rings (SSSR count). The van der Waals surface area contributed by atoms with Crippen molar-refractivity contribution in [3.05, 3.63) is 85.4 Å². The number of amides is 1. The maximum atomic E-state index is 13.4. The summed E-state index contributed by atoms with van der Waals surface area (Å²) in [6, 6.07) is 7.81. The maximum absolute atomic E-state index is 13.4. The number of carbonyl (C=O) groups is 1. The van der Waals surface area contributed by atoms with Crippen LogP contribution in [0.15, 0.2) is 79.8 Å². The predicted molar refractivity (Wildman–Crippen MR) is 132 cm³/mol. The molecule has 0 atom stereocenters. The van der Waals surface area contributed by atoms with Crippen LogP contribution in [0.25, 0.3) is 39.4 Å². The van der Waals surface area contributed by atoms with Crippen LogP contribution in [-0.4, -0.2) is 58.4 Å². The fourth-order valence-corrected chi connectivity index (χ4v) is 4.50. The summed E-state index contributed by atoms with van der Waals surface area (Å²) in [6.45, 7) is 3.42. The lowest BCUT2D eigenvalue weighted by molar-refractivity contribution is -0.137. The van der Waals surface area contributed by atoms with Crippen molar-refractivity contribution in [3.8, 4) is 28.3 Å². The molecule has 4 aromatic heterocycles. The predicted octanol–water partition coefficient (Wildman–Crippen LogP) is 4.63. The molecule has 1 aromatic carbocycles. The third kappa shape index (κ3) is 4.31. The molecule has 0 unspecified atom stereocenters. The molecule has 0 saturated carbocycles. The number of aromatic nitrogens is 7. The molecular weight excluding hydrogens is 516 g/mol. The van der Waals surface area contributed by atoms with Gasteiger partial charge in [-0.3, -0.25) is 14.5 Å². The Labute approximate surface area is 218 Å². The minimum Gasteiger partial charge on any atom is -0.332 e. The molecule has 1 fully saturated rings. The van der Waals surface area contributed by atoms with Crippen molar-refractivity contribution < 1.29 is 22.4 Å². The summed E-state index contributed by atoms with van der Waals surface area (Å²) in [5.74, 6) is -1.48. The Morgan fingerprint density at radius 1 is 0.974 bits per heavy atom. The van der Waals surface area contributed by atoms with E-state index in [1.54, 1.807) is 47.8 Å². The first-order valence-corrected chi connectivity index (χ1v) is 11.7. The number of alkyl halides is 3. The molecule has 1 aliphatic rings. The molecule has 1 aliphatic heterocycles. The molecule has 9 nitrogen and oxygen atoms in total. The number of likely N-dealkylation sites (tertiary alicyclic amines) is 1. The largest absolute Gasteiger partial charge is 0.416 e. The van der Waals surface area contributed by atoms with E-state index in [4.69, 9.17) is 5.10 Å². The molecule has 39 heavy (non-hydrogen) atoms. The second-order valence-electron chi connectivity index (χ2n) is 8.92. The second kappa shape index (κ2) is 9.11. The van der Waals surface area contributed by atoms with Gasteiger partial charge in [-0.05, 0) is 24.3 Å². The molecule has 0 N–H and O–H groups in total. The molecule has 0 radical (unpaired) electrons. The smallest absolute Gasteiger partial charge is 0.332 e. The second-order valence-corrected chi connectivity index (χ2v) is 8.92. The van der Waals surface area contributed by atoms with E-state index in [1.165, 1.54) is 21.7 Å². The van der Waals surface area contributed by atoms with Crippen LogP contribution < -0.4 is 0 Å². The first kappa shape index (κ1) is 24.4. The molecule has 196 valence electrons. The van der Waals surface area contributed by atoms with Gasteiger partial charge in [0.1, 0.15) is 11.2 Å². The van der Waals surface area contributed by atoms with E-state index in [1.807, 2.05) is 0 Å². The Morgan fingerprint density at radius 2 is 1.69 bits per heavy atom. The molecular formula is C26H18F4N8O. The molecule has 5 heterocycles. The fourth-order valence-electron chi connectivity index (χ4n) is 4.50. The van der Waals surface area contributed by atoms with Gasteiger partial charge in [-0.1, -0.05) is 18.7 Å². The normalized spacial score (nSPS) is 14.0. The lowest BCUT2D eigenvalue weighted by Gasteiger charge is -2.39. The van der Waals surface area contributed by atoms with Crippen LogP contribution in [0.4, 0.5) is 17.6 Å². The van der Waals surface area contributed by atoms with Crippen LogP contribution in [0.2, 0.25) is 0 Å². The van der Waals surface area contributed by atoms with Gasteiger partial charge in [-0.25, -0.2) is 19.0 Å². The van der Waals surface area contributed by atoms with Crippen molar-refractivity contribution in [1.82, 2.24) is 39.4 Å². The van der Waals surface area contributed by atoms with E-state index in [9.17, 15) is 22.4 Å². The van der Waals surface area contributed by atoms with E-state index in [0.717, 1.165) is 12.1 Å². The lowest BCUT2D eigenvalue weighted by atomic mass is 10.0. The monoisotopic (exact) mass is 534 g/mol. The Morgan fingerprint density at radius 3 is 2.36 bits per heavy atom. The van der Waals surface area contributed by atoms with Gasteiger partial charge in [0.25, 0.3) is 5.91 Å². The average molecular weight is 534 g/mol. The molecule has 13 heteroatoms. The van der Waals surface area contributed by atoms with Gasteiger partial charge >= 0.3 is 6.18 Å². The van der Waals surface area contributed by atoms with Crippen LogP contribution in [0.5, 0.6) is 0 Å². The highest BCUT2D eigenvalue weighted by Crippen LogP contribution is 2.38. The van der Waals surface area contributed by atoms with Crippen LogP contribution in [-0.2, 0) is 11.0 Å². The zero-order valence-corrected chi connectivity index (χ0v) is 20.0. The van der Waals surface area contributed by atoms with Gasteiger partial charge in [0.15, 0.2) is 5.83 Å². The van der Waals surface area contributed by atoms with Gasteiger partial charge in [0.2, 0.25) is 5.95 Å². The van der Waals surface area contributed by atoms with Crippen molar-refractivity contribution in [1.29, 1.82) is 0 Å². The molecule has 1 saturated heterocycles. The average Bonchev–Trinajstić information content (AvgIpc) is 3.54. The van der Waals surface area contributed by atoms with Crippen LogP contribution >= 0.6 is 0 Å². The number of rotatable bonds is 5. The van der Waals surface area contributed by atoms with E-state index in [2.05, 4.69) is 26.6 Å². The van der Waals surface area contributed by atoms with Crippen molar-refractivity contribution in [2.45, 2.75) is 12.2 Å². The first-order chi connectivity index (χ1) is 18.7. The van der Waals surface area contributed by atoms with Crippen LogP contribution in [0.3, 0.4) is 0 Å². The van der Waals surface area contributed by atoms with E-state index >= 15 is 0 Å². The highest BCUT2D eigenvalue weighted by molar-refractivity contribution is 5.99. The van der Waals surface area contributed by atoms with Gasteiger partial charge in [0.05, 0.1) is 23.3 Å². The van der Waals surface area contributed by atoms with Crippen LogP contribution in [0.1, 0.15) is 11.6 Å². The molecule has 1 amide bonds. The summed E-state index contributed by atoms with van der Waals surface area (Å²) in [7, 11) is 0. The number of nitrogens with zero attached hydrogens (tertiary/aromatic N) is 8. The number of hydrogen-bond acceptors (Lipinski definition) is 6. The van der Waals surface area contributed by atoms with Gasteiger partial charge < -0.3 is 4.90 Å². The number of carbonyl (C=O) groups excluding carboxylic acids is 1. The number of pyridine rings is 1. The Bertz CT molecular complexity index is 1700. The van der Waals surface area contributed by atoms with Crippen LogP contribution in [0, 0.1) is 0 Å². The molecule has 5 aromatic rings. The summed E-state index contributed by atoms with van der Waals surface area (Å²) in [6.07, 6.45) is 3.66. The van der Waals surface area contributed by atoms with Crippen molar-refractivity contribution >= 4 is 16.9 Å². The first-order valence-electron chi connectivity index (χ1n) is 11.7. The summed E-state index contributed by atoms with van der Waals surface area (Å²) < 4.78 is 56.0. The van der Waals surface area contributed by atoms with Gasteiger partial charge in [-0.2, -0.15) is 23.4 Å². The maximum Gasteiger partial charge on any atom is 0.416 e. The fraction of sp³-hybridized carbons (Fsp3) is 0.154. The summed E-state index contributed by atoms with van der Waals surface area (Å²) in [5.41, 5.74) is 2.48. The van der Waals surface area contributed by atoms with Crippen molar-refractivity contribution in [2.75, 3.05) is 13.1 Å². The topological polar surface area (TPSA) is 94.6 Å². The van der Waals surface area contributed by atoms with Gasteiger partial charge in [-0.15, -0.1) is 0 Å². The number of benzene rings is 1. The standard InChI is InChI=1S/C26H18F4N8O/c1-15(27)24(39)36-13-19(14-36)38-23-20(17-11-34-37(12-17)25-32-8-2-9-33-25)7-10-31-22(23)21(35-38)16-3-5-18(6-4-16)26(28,29)30/h2-12,19H,1,13-14H2. The molecule has 0 bridgehead atoms. The summed E-state index contributed by atoms with van der Waals surface area (Å²) in [5, 5.41) is 9.09. The number of halogens is 4. The highest BCUT2D eigenvalue weighted by Gasteiger charge is 2.36. The Kier molecular flexibility index (Phi) is 5.70. The summed E-state index contributed by atoms with van der Waals surface area (Å²) in [4.78, 5) is 26.2. The molecule has 0 aliphatic carbocycles. The highest BCUT2D eigenvalue weighted by atomic mass is 19.4. The van der Waals surface area contributed by atoms with E-state index in [0.29, 0.717) is 39.4 Å². The van der Waals surface area contributed by atoms with Crippen molar-refractivity contribution in [2.24, 2.45) is 0 Å².